The van der Waals surface area contributed by atoms with Gasteiger partial charge in [-0.25, -0.2) is 13.2 Å². The summed E-state index contributed by atoms with van der Waals surface area (Å²) < 4.78 is 39.4. The van der Waals surface area contributed by atoms with Crippen molar-refractivity contribution in [3.05, 3.63) is 34.6 Å². The molecule has 1 unspecified atom stereocenters. The van der Waals surface area contributed by atoms with Crippen LogP contribution in [0.2, 0.25) is 5.02 Å². The largest absolute Gasteiger partial charge is 0.387 e. The molecule has 0 spiro atoms. The molecule has 1 amide bonds. The van der Waals surface area contributed by atoms with Crippen LogP contribution in [0, 0.1) is 11.7 Å². The van der Waals surface area contributed by atoms with Crippen molar-refractivity contribution in [2.45, 2.75) is 37.7 Å². The van der Waals surface area contributed by atoms with E-state index in [1.165, 1.54) is 12.1 Å². The molecule has 1 atom stereocenters. The third kappa shape index (κ3) is 4.36. The van der Waals surface area contributed by atoms with Gasteiger partial charge in [-0.05, 0) is 30.5 Å². The van der Waals surface area contributed by atoms with Gasteiger partial charge in [-0.15, -0.1) is 0 Å². The number of carbonyl (C=O) groups excluding carboxylic acids is 1. The lowest BCUT2D eigenvalue weighted by atomic mass is 9.86. The molecule has 1 aliphatic carbocycles. The molecular weight excluding hydrogens is 319 g/mol. The quantitative estimate of drug-likeness (QED) is 0.885. The number of hydrogen-bond acceptors (Lipinski definition) is 2. The van der Waals surface area contributed by atoms with Gasteiger partial charge in [-0.3, -0.25) is 4.79 Å². The van der Waals surface area contributed by atoms with E-state index in [0.29, 0.717) is 0 Å². The number of carbonyl (C=O) groups is 1. The smallest absolute Gasteiger partial charge is 0.248 e. The van der Waals surface area contributed by atoms with E-state index in [1.807, 2.05) is 0 Å². The fourth-order valence-corrected chi connectivity index (χ4v) is 2.60. The van der Waals surface area contributed by atoms with Crippen LogP contribution in [0.25, 0.3) is 0 Å². The highest BCUT2D eigenvalue weighted by Gasteiger charge is 2.37. The summed E-state index contributed by atoms with van der Waals surface area (Å²) in [6, 6.07) is 3.88. The second-order valence-electron chi connectivity index (χ2n) is 5.56. The first-order chi connectivity index (χ1) is 10.3. The molecule has 0 radical (unpaired) electrons. The van der Waals surface area contributed by atoms with E-state index in [0.717, 1.165) is 6.07 Å². The van der Waals surface area contributed by atoms with Crippen LogP contribution in [-0.2, 0) is 4.79 Å². The lowest BCUT2D eigenvalue weighted by molar-refractivity contribution is -0.129. The van der Waals surface area contributed by atoms with Gasteiger partial charge in [0.1, 0.15) is 5.82 Å². The zero-order valence-corrected chi connectivity index (χ0v) is 12.5. The third-order valence-corrected chi connectivity index (χ3v) is 4.19. The Kier molecular flexibility index (Phi) is 5.34. The Labute approximate surface area is 131 Å². The Morgan fingerprint density at radius 1 is 1.41 bits per heavy atom. The van der Waals surface area contributed by atoms with Gasteiger partial charge in [0.15, 0.2) is 0 Å². The number of amides is 1. The Hall–Kier alpha value is -1.27. The van der Waals surface area contributed by atoms with Gasteiger partial charge in [0, 0.05) is 25.3 Å². The maximum Gasteiger partial charge on any atom is 0.248 e. The number of benzene rings is 1. The summed E-state index contributed by atoms with van der Waals surface area (Å²) in [6.45, 7) is -0.104. The number of halogens is 4. The maximum absolute atomic E-state index is 13.3. The highest BCUT2D eigenvalue weighted by atomic mass is 35.5. The fourth-order valence-electron chi connectivity index (χ4n) is 2.48. The molecule has 2 N–H and O–H groups in total. The highest BCUT2D eigenvalue weighted by Crippen LogP contribution is 2.36. The molecule has 7 heteroatoms. The van der Waals surface area contributed by atoms with Gasteiger partial charge < -0.3 is 10.4 Å². The highest BCUT2D eigenvalue weighted by molar-refractivity contribution is 6.30. The van der Waals surface area contributed by atoms with E-state index in [4.69, 9.17) is 11.6 Å². The van der Waals surface area contributed by atoms with E-state index in [-0.39, 0.29) is 48.7 Å². The molecule has 1 aromatic rings. The summed E-state index contributed by atoms with van der Waals surface area (Å²) in [6.07, 6.45) is -1.41. The van der Waals surface area contributed by atoms with E-state index >= 15 is 0 Å². The molecule has 1 aliphatic rings. The summed E-state index contributed by atoms with van der Waals surface area (Å²) in [5, 5.41) is 12.4. The first-order valence-corrected chi connectivity index (χ1v) is 7.45. The monoisotopic (exact) mass is 335 g/mol. The summed E-state index contributed by atoms with van der Waals surface area (Å²) in [5.41, 5.74) is 0.289. The van der Waals surface area contributed by atoms with E-state index in [2.05, 4.69) is 5.32 Å². The van der Waals surface area contributed by atoms with Crippen molar-refractivity contribution in [3.63, 3.8) is 0 Å². The van der Waals surface area contributed by atoms with Crippen molar-refractivity contribution in [2.75, 3.05) is 6.54 Å². The van der Waals surface area contributed by atoms with Crippen LogP contribution in [0.3, 0.4) is 0 Å². The molecule has 0 aliphatic heterocycles. The van der Waals surface area contributed by atoms with Crippen molar-refractivity contribution >= 4 is 17.5 Å². The van der Waals surface area contributed by atoms with Crippen LogP contribution in [0.5, 0.6) is 0 Å². The van der Waals surface area contributed by atoms with Crippen LogP contribution in [0.4, 0.5) is 13.2 Å². The van der Waals surface area contributed by atoms with Gasteiger partial charge in [0.05, 0.1) is 11.1 Å². The summed E-state index contributed by atoms with van der Waals surface area (Å²) in [5.74, 6) is -4.16. The normalized spacial score (nSPS) is 19.7. The van der Waals surface area contributed by atoms with Crippen molar-refractivity contribution in [1.82, 2.24) is 5.32 Å². The van der Waals surface area contributed by atoms with Crippen molar-refractivity contribution < 1.29 is 23.1 Å². The second kappa shape index (κ2) is 6.87. The molecule has 22 heavy (non-hydrogen) atoms. The molecule has 0 heterocycles. The fraction of sp³-hybridized carbons (Fsp3) is 0.533. The van der Waals surface area contributed by atoms with E-state index in [9.17, 15) is 23.1 Å². The Balaban J connectivity index is 1.84. The summed E-state index contributed by atoms with van der Waals surface area (Å²) in [4.78, 5) is 11.9. The molecule has 1 saturated carbocycles. The van der Waals surface area contributed by atoms with Crippen LogP contribution in [0.1, 0.15) is 37.4 Å². The van der Waals surface area contributed by atoms with Crippen molar-refractivity contribution in [3.8, 4) is 0 Å². The molecule has 1 aromatic carbocycles. The van der Waals surface area contributed by atoms with Crippen molar-refractivity contribution in [1.29, 1.82) is 0 Å². The number of nitrogens with one attached hydrogen (secondary N) is 1. The average Bonchev–Trinajstić information content (AvgIpc) is 2.47. The molecule has 122 valence electrons. The first-order valence-electron chi connectivity index (χ1n) is 7.07. The first kappa shape index (κ1) is 17.1. The topological polar surface area (TPSA) is 49.3 Å². The van der Waals surface area contributed by atoms with Crippen LogP contribution in [-0.4, -0.2) is 23.5 Å². The zero-order chi connectivity index (χ0) is 16.3. The minimum atomic E-state index is -2.68. The Morgan fingerprint density at radius 2 is 2.05 bits per heavy atom. The lowest BCUT2D eigenvalue weighted by Gasteiger charge is -2.27. The summed E-state index contributed by atoms with van der Waals surface area (Å²) >= 11 is 5.55. The summed E-state index contributed by atoms with van der Waals surface area (Å²) in [7, 11) is 0. The van der Waals surface area contributed by atoms with Crippen LogP contribution < -0.4 is 5.32 Å². The van der Waals surface area contributed by atoms with Crippen LogP contribution >= 0.6 is 11.6 Å². The molecule has 1 fully saturated rings. The lowest BCUT2D eigenvalue weighted by Crippen LogP contribution is -2.37. The SMILES string of the molecule is O=C(NCC(O)c1ccc(Cl)c(F)c1)C1CCC(F)(F)CC1. The minimum absolute atomic E-state index is 0.0527. The second-order valence-corrected chi connectivity index (χ2v) is 5.97. The van der Waals surface area contributed by atoms with Gasteiger partial charge in [-0.1, -0.05) is 17.7 Å². The standard InChI is InChI=1S/C15H17ClF3NO2/c16-11-2-1-10(7-12(11)17)13(21)8-20-14(22)9-3-5-15(18,19)6-4-9/h1-2,7,9,13,21H,3-6,8H2,(H,20,22). The predicted octanol–water partition coefficient (Wildman–Crippen LogP) is 3.45. The molecule has 0 aromatic heterocycles. The van der Waals surface area contributed by atoms with Gasteiger partial charge in [0.2, 0.25) is 11.8 Å². The Bertz CT molecular complexity index is 544. The average molecular weight is 336 g/mol. The van der Waals surface area contributed by atoms with Gasteiger partial charge in [-0.2, -0.15) is 0 Å². The third-order valence-electron chi connectivity index (χ3n) is 3.89. The minimum Gasteiger partial charge on any atom is -0.387 e. The molecule has 3 nitrogen and oxygen atoms in total. The van der Waals surface area contributed by atoms with Crippen LogP contribution in [0.15, 0.2) is 18.2 Å². The molecule has 0 saturated heterocycles. The number of aliphatic hydroxyl groups excluding tert-OH is 1. The molecule has 0 bridgehead atoms. The van der Waals surface area contributed by atoms with Crippen molar-refractivity contribution in [2.24, 2.45) is 5.92 Å². The predicted molar refractivity (Wildman–Crippen MR) is 76.3 cm³/mol. The van der Waals surface area contributed by atoms with E-state index in [1.54, 1.807) is 0 Å². The number of aliphatic hydroxyl groups is 1. The Morgan fingerprint density at radius 3 is 2.64 bits per heavy atom. The molecule has 2 rings (SSSR count). The maximum atomic E-state index is 13.3. The number of rotatable bonds is 4. The zero-order valence-electron chi connectivity index (χ0n) is 11.8. The van der Waals surface area contributed by atoms with E-state index < -0.39 is 23.8 Å². The molecular formula is C15H17ClF3NO2. The number of alkyl halides is 2. The van der Waals surface area contributed by atoms with Gasteiger partial charge >= 0.3 is 0 Å². The van der Waals surface area contributed by atoms with Gasteiger partial charge in [0.25, 0.3) is 0 Å². The number of hydrogen-bond donors (Lipinski definition) is 2.